The van der Waals surface area contributed by atoms with Crippen LogP contribution in [0.2, 0.25) is 0 Å². The third-order valence-corrected chi connectivity index (χ3v) is 4.50. The Hall–Kier alpha value is -2.99. The highest BCUT2D eigenvalue weighted by atomic mass is 16.2. The van der Waals surface area contributed by atoms with Crippen LogP contribution in [0.5, 0.6) is 0 Å². The number of aromatic nitrogens is 3. The van der Waals surface area contributed by atoms with Gasteiger partial charge in [-0.3, -0.25) is 14.8 Å². The smallest absolute Gasteiger partial charge is 0.241 e. The van der Waals surface area contributed by atoms with Crippen LogP contribution in [-0.4, -0.2) is 38.6 Å². The minimum atomic E-state index is -0.0610. The summed E-state index contributed by atoms with van der Waals surface area (Å²) in [6, 6.07) is 17.8. The van der Waals surface area contributed by atoms with Gasteiger partial charge in [-0.2, -0.15) is 5.10 Å². The predicted molar refractivity (Wildman–Crippen MR) is 95.7 cm³/mol. The van der Waals surface area contributed by atoms with Gasteiger partial charge < -0.3 is 5.32 Å². The van der Waals surface area contributed by atoms with Crippen LogP contribution in [0.3, 0.4) is 0 Å². The molecule has 1 aliphatic heterocycles. The number of carbonyl (C=O) groups excluding carboxylic acids is 1. The molecule has 1 fully saturated rings. The number of nitrogens with zero attached hydrogens (tertiary/aromatic N) is 3. The van der Waals surface area contributed by atoms with Crippen molar-refractivity contribution in [1.29, 1.82) is 0 Å². The van der Waals surface area contributed by atoms with Gasteiger partial charge >= 0.3 is 0 Å². The Balaban J connectivity index is 1.37. The molecule has 0 spiro atoms. The summed E-state index contributed by atoms with van der Waals surface area (Å²) in [5.41, 5.74) is 2.96. The van der Waals surface area contributed by atoms with E-state index < -0.39 is 0 Å². The van der Waals surface area contributed by atoms with E-state index in [2.05, 4.69) is 37.5 Å². The van der Waals surface area contributed by atoms with Gasteiger partial charge in [0.15, 0.2) is 5.82 Å². The molecule has 0 unspecified atom stereocenters. The molecule has 1 aromatic heterocycles. The summed E-state index contributed by atoms with van der Waals surface area (Å²) in [5.74, 6) is 0.764. The summed E-state index contributed by atoms with van der Waals surface area (Å²) in [7, 11) is 0. The van der Waals surface area contributed by atoms with Crippen molar-refractivity contribution >= 4 is 11.6 Å². The van der Waals surface area contributed by atoms with Gasteiger partial charge in [-0.05, 0) is 36.2 Å². The fraction of sp³-hybridized carbons (Fsp3) is 0.211. The van der Waals surface area contributed by atoms with E-state index in [4.69, 9.17) is 0 Å². The first kappa shape index (κ1) is 15.5. The van der Waals surface area contributed by atoms with Gasteiger partial charge in [-0.15, -0.1) is 0 Å². The molecule has 1 atom stereocenters. The van der Waals surface area contributed by atoms with Crippen molar-refractivity contribution < 1.29 is 4.79 Å². The lowest BCUT2D eigenvalue weighted by atomic mass is 10.0. The van der Waals surface area contributed by atoms with Crippen LogP contribution in [0.25, 0.3) is 11.4 Å². The van der Waals surface area contributed by atoms with Crippen LogP contribution < -0.4 is 5.32 Å². The largest absolute Gasteiger partial charge is 0.325 e. The lowest BCUT2D eigenvalue weighted by molar-refractivity contribution is -0.125. The first-order valence-electron chi connectivity index (χ1n) is 8.34. The molecule has 6 nitrogen and oxygen atoms in total. The van der Waals surface area contributed by atoms with E-state index in [1.807, 2.05) is 42.5 Å². The molecule has 1 amide bonds. The lowest BCUT2D eigenvalue weighted by Gasteiger charge is -2.39. The molecule has 2 aromatic carbocycles. The monoisotopic (exact) mass is 333 g/mol. The molecular formula is C19H19N5O. The molecule has 0 bridgehead atoms. The van der Waals surface area contributed by atoms with Crippen molar-refractivity contribution in [2.75, 3.05) is 11.9 Å². The van der Waals surface area contributed by atoms with E-state index in [1.54, 1.807) is 0 Å². The van der Waals surface area contributed by atoms with Crippen molar-refractivity contribution in [3.8, 4) is 11.4 Å². The van der Waals surface area contributed by atoms with Crippen molar-refractivity contribution in [2.45, 2.75) is 19.0 Å². The summed E-state index contributed by atoms with van der Waals surface area (Å²) in [4.78, 5) is 18.8. The molecule has 2 heterocycles. The van der Waals surface area contributed by atoms with Crippen molar-refractivity contribution in [1.82, 2.24) is 20.1 Å². The summed E-state index contributed by atoms with van der Waals surface area (Å²) < 4.78 is 0. The molecule has 4 rings (SSSR count). The van der Waals surface area contributed by atoms with Crippen molar-refractivity contribution in [3.05, 3.63) is 66.5 Å². The quantitative estimate of drug-likeness (QED) is 0.753. The Bertz CT molecular complexity index is 830. The number of carbonyl (C=O) groups is 1. The molecule has 126 valence electrons. The van der Waals surface area contributed by atoms with Gasteiger partial charge in [0.05, 0.1) is 6.04 Å². The molecule has 2 N–H and O–H groups in total. The fourth-order valence-electron chi connectivity index (χ4n) is 3.03. The highest BCUT2D eigenvalue weighted by Gasteiger charge is 2.33. The number of likely N-dealkylation sites (tertiary alicyclic amines) is 1. The van der Waals surface area contributed by atoms with Gasteiger partial charge in [-0.25, -0.2) is 4.98 Å². The Morgan fingerprint density at radius 1 is 1.16 bits per heavy atom. The summed E-state index contributed by atoms with van der Waals surface area (Å²) in [6.07, 6.45) is 2.37. The molecule has 25 heavy (non-hydrogen) atoms. The predicted octanol–water partition coefficient (Wildman–Crippen LogP) is 2.68. The van der Waals surface area contributed by atoms with Gasteiger partial charge in [0.1, 0.15) is 6.33 Å². The molecule has 1 aliphatic rings. The van der Waals surface area contributed by atoms with E-state index >= 15 is 0 Å². The normalized spacial score (nSPS) is 17.0. The van der Waals surface area contributed by atoms with Crippen molar-refractivity contribution in [2.24, 2.45) is 0 Å². The Labute approximate surface area is 145 Å². The van der Waals surface area contributed by atoms with Crippen LogP contribution in [0.1, 0.15) is 12.0 Å². The van der Waals surface area contributed by atoms with Crippen LogP contribution in [0, 0.1) is 0 Å². The third-order valence-electron chi connectivity index (χ3n) is 4.50. The topological polar surface area (TPSA) is 73.9 Å². The number of H-pyrrole nitrogens is 1. The number of aromatic amines is 1. The highest BCUT2D eigenvalue weighted by Crippen LogP contribution is 2.23. The van der Waals surface area contributed by atoms with Gasteiger partial charge in [0, 0.05) is 24.3 Å². The Kier molecular flexibility index (Phi) is 4.26. The second kappa shape index (κ2) is 6.86. The van der Waals surface area contributed by atoms with Crippen LogP contribution in [0.15, 0.2) is 60.9 Å². The van der Waals surface area contributed by atoms with Crippen LogP contribution in [-0.2, 0) is 11.3 Å². The molecule has 0 aliphatic carbocycles. The maximum atomic E-state index is 12.5. The molecule has 1 saturated heterocycles. The standard InChI is InChI=1S/C19H19N5O/c25-19(17-10-11-24(17)12-14-4-2-1-3-5-14)22-16-8-6-15(7-9-16)18-20-13-21-23-18/h1-9,13,17H,10-12H2,(H,22,25)(H,20,21,23)/t17-/m0/s1. The van der Waals surface area contributed by atoms with E-state index in [-0.39, 0.29) is 11.9 Å². The number of nitrogens with one attached hydrogen (secondary N) is 2. The number of hydrogen-bond acceptors (Lipinski definition) is 4. The number of benzene rings is 2. The molecule has 0 radical (unpaired) electrons. The minimum Gasteiger partial charge on any atom is -0.325 e. The number of amides is 1. The maximum absolute atomic E-state index is 12.5. The van der Waals surface area contributed by atoms with Crippen LogP contribution >= 0.6 is 0 Å². The summed E-state index contributed by atoms with van der Waals surface area (Å²) in [5, 5.41) is 9.67. The van der Waals surface area contributed by atoms with Crippen molar-refractivity contribution in [3.63, 3.8) is 0 Å². The average Bonchev–Trinajstić information content (AvgIpc) is 3.15. The molecule has 0 saturated carbocycles. The Morgan fingerprint density at radius 2 is 1.96 bits per heavy atom. The second-order valence-electron chi connectivity index (χ2n) is 6.16. The number of rotatable bonds is 5. The summed E-state index contributed by atoms with van der Waals surface area (Å²) >= 11 is 0. The van der Waals surface area contributed by atoms with Gasteiger partial charge in [0.25, 0.3) is 0 Å². The zero-order valence-electron chi connectivity index (χ0n) is 13.7. The van der Waals surface area contributed by atoms with Gasteiger partial charge in [-0.1, -0.05) is 30.3 Å². The first-order valence-corrected chi connectivity index (χ1v) is 8.34. The summed E-state index contributed by atoms with van der Waals surface area (Å²) in [6.45, 7) is 1.76. The maximum Gasteiger partial charge on any atom is 0.241 e. The Morgan fingerprint density at radius 3 is 2.60 bits per heavy atom. The third kappa shape index (κ3) is 3.44. The van der Waals surface area contributed by atoms with E-state index in [0.717, 1.165) is 30.8 Å². The molecule has 6 heteroatoms. The zero-order chi connectivity index (χ0) is 17.1. The average molecular weight is 333 g/mol. The number of hydrogen-bond donors (Lipinski definition) is 2. The fourth-order valence-corrected chi connectivity index (χ4v) is 3.03. The second-order valence-corrected chi connectivity index (χ2v) is 6.16. The minimum absolute atomic E-state index is 0.0506. The lowest BCUT2D eigenvalue weighted by Crippen LogP contribution is -2.53. The zero-order valence-corrected chi connectivity index (χ0v) is 13.7. The first-order chi connectivity index (χ1) is 12.3. The van der Waals surface area contributed by atoms with E-state index in [9.17, 15) is 4.79 Å². The molecule has 3 aromatic rings. The number of anilines is 1. The molecular weight excluding hydrogens is 314 g/mol. The SMILES string of the molecule is O=C(Nc1ccc(-c2ncn[nH]2)cc1)[C@@H]1CCN1Cc1ccccc1. The van der Waals surface area contributed by atoms with E-state index in [0.29, 0.717) is 5.82 Å². The van der Waals surface area contributed by atoms with Crippen LogP contribution in [0.4, 0.5) is 5.69 Å². The highest BCUT2D eigenvalue weighted by molar-refractivity contribution is 5.95. The van der Waals surface area contributed by atoms with E-state index in [1.165, 1.54) is 11.9 Å². The van der Waals surface area contributed by atoms with Gasteiger partial charge in [0.2, 0.25) is 5.91 Å².